The van der Waals surface area contributed by atoms with Crippen LogP contribution in [0.5, 0.6) is 0 Å². The van der Waals surface area contributed by atoms with E-state index in [1.807, 2.05) is 12.3 Å². The molecular weight excluding hydrogens is 402 g/mol. The Hall–Kier alpha value is -2.64. The van der Waals surface area contributed by atoms with Gasteiger partial charge in [0.05, 0.1) is 13.2 Å². The predicted molar refractivity (Wildman–Crippen MR) is 127 cm³/mol. The number of nitrogens with zero attached hydrogens (tertiary/aromatic N) is 3. The van der Waals surface area contributed by atoms with E-state index in [-0.39, 0.29) is 6.03 Å². The van der Waals surface area contributed by atoms with Crippen molar-refractivity contribution in [3.8, 4) is 0 Å². The monoisotopic (exact) mass is 437 g/mol. The summed E-state index contributed by atoms with van der Waals surface area (Å²) in [4.78, 5) is 21.6. The van der Waals surface area contributed by atoms with Crippen LogP contribution in [0, 0.1) is 0 Å². The third-order valence-electron chi connectivity index (χ3n) is 6.18. The number of rotatable bonds is 7. The van der Waals surface area contributed by atoms with Gasteiger partial charge in [-0.05, 0) is 41.7 Å². The van der Waals surface area contributed by atoms with Crippen LogP contribution in [0.25, 0.3) is 0 Å². The van der Waals surface area contributed by atoms with E-state index in [2.05, 4.69) is 55.7 Å². The third kappa shape index (κ3) is 6.93. The van der Waals surface area contributed by atoms with Gasteiger partial charge in [0.25, 0.3) is 0 Å². The Balaban J connectivity index is 1.20. The van der Waals surface area contributed by atoms with Crippen LogP contribution in [0.15, 0.2) is 42.6 Å². The van der Waals surface area contributed by atoms with Gasteiger partial charge < -0.3 is 20.3 Å². The van der Waals surface area contributed by atoms with Crippen molar-refractivity contribution in [2.24, 2.45) is 0 Å². The molecule has 0 unspecified atom stereocenters. The number of aromatic nitrogens is 1. The Morgan fingerprint density at radius 1 is 0.844 bits per heavy atom. The summed E-state index contributed by atoms with van der Waals surface area (Å²) in [6.07, 6.45) is 6.89. The molecule has 2 aliphatic heterocycles. The predicted octanol–water partition coefficient (Wildman–Crippen LogP) is 3.29. The van der Waals surface area contributed by atoms with Crippen LogP contribution in [0.4, 0.5) is 10.6 Å². The number of morpholine rings is 1. The highest BCUT2D eigenvalue weighted by atomic mass is 16.5. The van der Waals surface area contributed by atoms with Gasteiger partial charge in [-0.2, -0.15) is 0 Å². The molecule has 2 amide bonds. The molecule has 2 fully saturated rings. The SMILES string of the molecule is O=C(NCc1ccc(CN2CCOCC2)cc1)NCc1ccnc(N2CCCCCC2)c1. The number of pyridine rings is 1. The zero-order valence-corrected chi connectivity index (χ0v) is 18.9. The van der Waals surface area contributed by atoms with Gasteiger partial charge in [0, 0.05) is 52.0 Å². The van der Waals surface area contributed by atoms with Gasteiger partial charge in [-0.15, -0.1) is 0 Å². The maximum Gasteiger partial charge on any atom is 0.315 e. The molecule has 172 valence electrons. The minimum atomic E-state index is -0.157. The maximum absolute atomic E-state index is 12.3. The Morgan fingerprint density at radius 3 is 2.22 bits per heavy atom. The third-order valence-corrected chi connectivity index (χ3v) is 6.18. The molecule has 1 aromatic heterocycles. The van der Waals surface area contributed by atoms with E-state index in [1.54, 1.807) is 0 Å². The van der Waals surface area contributed by atoms with Gasteiger partial charge in [0.1, 0.15) is 5.82 Å². The van der Waals surface area contributed by atoms with Crippen LogP contribution in [0.3, 0.4) is 0 Å². The summed E-state index contributed by atoms with van der Waals surface area (Å²) in [5.41, 5.74) is 3.46. The van der Waals surface area contributed by atoms with E-state index < -0.39 is 0 Å². The highest BCUT2D eigenvalue weighted by Gasteiger charge is 2.12. The van der Waals surface area contributed by atoms with Crippen molar-refractivity contribution >= 4 is 11.8 Å². The fourth-order valence-corrected chi connectivity index (χ4v) is 4.25. The molecule has 4 rings (SSSR count). The van der Waals surface area contributed by atoms with Crippen molar-refractivity contribution in [1.82, 2.24) is 20.5 Å². The Morgan fingerprint density at radius 2 is 1.50 bits per heavy atom. The molecule has 2 aliphatic rings. The quantitative estimate of drug-likeness (QED) is 0.696. The molecule has 7 heteroatoms. The summed E-state index contributed by atoms with van der Waals surface area (Å²) in [5.74, 6) is 1.02. The van der Waals surface area contributed by atoms with Gasteiger partial charge >= 0.3 is 6.03 Å². The molecule has 0 radical (unpaired) electrons. The number of hydrogen-bond donors (Lipinski definition) is 2. The number of anilines is 1. The van der Waals surface area contributed by atoms with Crippen molar-refractivity contribution in [2.75, 3.05) is 44.3 Å². The van der Waals surface area contributed by atoms with Gasteiger partial charge in [-0.1, -0.05) is 37.1 Å². The second kappa shape index (κ2) is 11.8. The van der Waals surface area contributed by atoms with Gasteiger partial charge in [-0.3, -0.25) is 4.90 Å². The van der Waals surface area contributed by atoms with Crippen LogP contribution in [0.2, 0.25) is 0 Å². The first kappa shape index (κ1) is 22.6. The zero-order chi connectivity index (χ0) is 22.0. The molecule has 0 aliphatic carbocycles. The fourth-order valence-electron chi connectivity index (χ4n) is 4.25. The summed E-state index contributed by atoms with van der Waals surface area (Å²) < 4.78 is 5.40. The first-order valence-corrected chi connectivity index (χ1v) is 11.9. The lowest BCUT2D eigenvalue weighted by Crippen LogP contribution is -2.35. The summed E-state index contributed by atoms with van der Waals surface area (Å²) in [6.45, 7) is 7.69. The van der Waals surface area contributed by atoms with E-state index in [0.29, 0.717) is 13.1 Å². The molecule has 3 heterocycles. The Kier molecular flexibility index (Phi) is 8.34. The number of carbonyl (C=O) groups is 1. The first-order chi connectivity index (χ1) is 15.8. The topological polar surface area (TPSA) is 69.7 Å². The van der Waals surface area contributed by atoms with Gasteiger partial charge in [0.15, 0.2) is 0 Å². The largest absolute Gasteiger partial charge is 0.379 e. The molecule has 0 spiro atoms. The van der Waals surface area contributed by atoms with Crippen LogP contribution in [-0.4, -0.2) is 55.3 Å². The van der Waals surface area contributed by atoms with E-state index in [4.69, 9.17) is 4.74 Å². The molecule has 7 nitrogen and oxygen atoms in total. The van der Waals surface area contributed by atoms with Crippen LogP contribution < -0.4 is 15.5 Å². The fraction of sp³-hybridized carbons (Fsp3) is 0.520. The number of hydrogen-bond acceptors (Lipinski definition) is 5. The zero-order valence-electron chi connectivity index (χ0n) is 18.9. The average Bonchev–Trinajstić information content (AvgIpc) is 3.13. The minimum Gasteiger partial charge on any atom is -0.379 e. The number of amides is 2. The molecule has 1 aromatic carbocycles. The Labute approximate surface area is 191 Å². The lowest BCUT2D eigenvalue weighted by molar-refractivity contribution is 0.0342. The van der Waals surface area contributed by atoms with Crippen molar-refractivity contribution in [3.05, 3.63) is 59.3 Å². The highest BCUT2D eigenvalue weighted by Crippen LogP contribution is 2.18. The normalized spacial score (nSPS) is 17.6. The smallest absolute Gasteiger partial charge is 0.315 e. The van der Waals surface area contributed by atoms with Gasteiger partial charge in [0.2, 0.25) is 0 Å². The number of nitrogens with one attached hydrogen (secondary N) is 2. The van der Waals surface area contributed by atoms with Crippen molar-refractivity contribution < 1.29 is 9.53 Å². The average molecular weight is 438 g/mol. The van der Waals surface area contributed by atoms with Crippen molar-refractivity contribution in [2.45, 2.75) is 45.3 Å². The summed E-state index contributed by atoms with van der Waals surface area (Å²) in [6, 6.07) is 12.4. The van der Waals surface area contributed by atoms with Crippen molar-refractivity contribution in [1.29, 1.82) is 0 Å². The van der Waals surface area contributed by atoms with Crippen molar-refractivity contribution in [3.63, 3.8) is 0 Å². The summed E-state index contributed by atoms with van der Waals surface area (Å²) in [7, 11) is 0. The molecule has 32 heavy (non-hydrogen) atoms. The molecule has 0 saturated carbocycles. The second-order valence-electron chi connectivity index (χ2n) is 8.66. The molecule has 2 aromatic rings. The highest BCUT2D eigenvalue weighted by molar-refractivity contribution is 5.73. The minimum absolute atomic E-state index is 0.157. The van der Waals surface area contributed by atoms with E-state index in [9.17, 15) is 4.79 Å². The lowest BCUT2D eigenvalue weighted by Gasteiger charge is -2.26. The maximum atomic E-state index is 12.3. The number of benzene rings is 1. The Bertz CT molecular complexity index is 844. The number of carbonyl (C=O) groups excluding carboxylic acids is 1. The first-order valence-electron chi connectivity index (χ1n) is 11.9. The van der Waals surface area contributed by atoms with E-state index in [0.717, 1.165) is 62.9 Å². The second-order valence-corrected chi connectivity index (χ2v) is 8.66. The standard InChI is InChI=1S/C25H35N5O2/c31-25(27-18-21-5-7-22(8-6-21)20-29-13-15-32-16-14-29)28-19-23-9-10-26-24(17-23)30-11-3-1-2-4-12-30/h5-10,17H,1-4,11-16,18-20H2,(H2,27,28,31). The van der Waals surface area contributed by atoms with E-state index in [1.165, 1.54) is 31.2 Å². The molecule has 2 saturated heterocycles. The van der Waals surface area contributed by atoms with Crippen LogP contribution in [0.1, 0.15) is 42.4 Å². The molecule has 0 bridgehead atoms. The summed E-state index contributed by atoms with van der Waals surface area (Å²) in [5, 5.41) is 5.92. The number of ether oxygens (including phenoxy) is 1. The molecule has 2 N–H and O–H groups in total. The molecular formula is C25H35N5O2. The van der Waals surface area contributed by atoms with E-state index >= 15 is 0 Å². The lowest BCUT2D eigenvalue weighted by atomic mass is 10.1. The van der Waals surface area contributed by atoms with Gasteiger partial charge in [-0.25, -0.2) is 9.78 Å². The van der Waals surface area contributed by atoms with Crippen LogP contribution >= 0.6 is 0 Å². The van der Waals surface area contributed by atoms with Crippen LogP contribution in [-0.2, 0) is 24.4 Å². The number of urea groups is 1. The molecule has 0 atom stereocenters. The summed E-state index contributed by atoms with van der Waals surface area (Å²) >= 11 is 0.